The van der Waals surface area contributed by atoms with Crippen molar-refractivity contribution in [3.63, 3.8) is 0 Å². The van der Waals surface area contributed by atoms with E-state index < -0.39 is 0 Å². The van der Waals surface area contributed by atoms with Crippen molar-refractivity contribution in [1.29, 1.82) is 0 Å². The molecule has 1 amide bonds. The number of carbonyl (C=O) groups excluding carboxylic acids is 1. The number of aliphatic hydroxyl groups is 1. The Labute approximate surface area is 129 Å². The molecule has 4 nitrogen and oxygen atoms in total. The van der Waals surface area contributed by atoms with Crippen molar-refractivity contribution in [2.45, 2.75) is 59.0 Å². The van der Waals surface area contributed by atoms with Crippen molar-refractivity contribution in [1.82, 2.24) is 10.2 Å². The van der Waals surface area contributed by atoms with E-state index >= 15 is 0 Å². The van der Waals surface area contributed by atoms with Gasteiger partial charge in [-0.3, -0.25) is 4.79 Å². The van der Waals surface area contributed by atoms with Gasteiger partial charge in [-0.2, -0.15) is 0 Å². The topological polar surface area (TPSA) is 52.6 Å². The van der Waals surface area contributed by atoms with Crippen LogP contribution in [0.25, 0.3) is 0 Å². The van der Waals surface area contributed by atoms with E-state index in [2.05, 4.69) is 31.0 Å². The minimum Gasteiger partial charge on any atom is -0.392 e. The summed E-state index contributed by atoms with van der Waals surface area (Å²) in [6.07, 6.45) is 4.86. The lowest BCUT2D eigenvalue weighted by atomic mass is 9.73. The molecule has 1 aliphatic heterocycles. The molecule has 0 spiro atoms. The Hall–Kier alpha value is -0.610. The maximum Gasteiger partial charge on any atom is 0.224 e. The molecule has 4 heteroatoms. The predicted octanol–water partition coefficient (Wildman–Crippen LogP) is 2.02. The second kappa shape index (κ2) is 7.10. The van der Waals surface area contributed by atoms with E-state index in [4.69, 9.17) is 0 Å². The van der Waals surface area contributed by atoms with Crippen molar-refractivity contribution in [3.8, 4) is 0 Å². The number of rotatable bonds is 5. The summed E-state index contributed by atoms with van der Waals surface area (Å²) in [7, 11) is 0. The van der Waals surface area contributed by atoms with Crippen LogP contribution in [0.2, 0.25) is 0 Å². The van der Waals surface area contributed by atoms with Gasteiger partial charge in [-0.15, -0.1) is 0 Å². The number of hydrogen-bond acceptors (Lipinski definition) is 3. The van der Waals surface area contributed by atoms with Gasteiger partial charge in [-0.1, -0.05) is 33.6 Å². The van der Waals surface area contributed by atoms with Gasteiger partial charge in [0.1, 0.15) is 0 Å². The second-order valence-electron chi connectivity index (χ2n) is 7.77. The van der Waals surface area contributed by atoms with Gasteiger partial charge in [0.15, 0.2) is 0 Å². The molecule has 21 heavy (non-hydrogen) atoms. The Bertz CT molecular complexity index is 359. The minimum absolute atomic E-state index is 0.132. The maximum absolute atomic E-state index is 12.3. The van der Waals surface area contributed by atoms with Crippen molar-refractivity contribution in [3.05, 3.63) is 0 Å². The zero-order valence-corrected chi connectivity index (χ0v) is 13.9. The SMILES string of the molecule is CC(C)CN1CCC(C(=O)NCC2(C)CCCCC2O)C1. The first-order valence-electron chi connectivity index (χ1n) is 8.59. The number of carbonyl (C=O) groups is 1. The number of hydrogen-bond donors (Lipinski definition) is 2. The third-order valence-electron chi connectivity index (χ3n) is 5.21. The van der Waals surface area contributed by atoms with E-state index in [9.17, 15) is 9.90 Å². The van der Waals surface area contributed by atoms with Gasteiger partial charge in [0.25, 0.3) is 0 Å². The van der Waals surface area contributed by atoms with Crippen LogP contribution in [-0.4, -0.2) is 48.2 Å². The molecular weight excluding hydrogens is 264 g/mol. The van der Waals surface area contributed by atoms with Crippen LogP contribution in [0.5, 0.6) is 0 Å². The molecule has 1 saturated carbocycles. The van der Waals surface area contributed by atoms with Crippen LogP contribution in [-0.2, 0) is 4.79 Å². The number of nitrogens with zero attached hydrogens (tertiary/aromatic N) is 1. The Morgan fingerprint density at radius 1 is 1.38 bits per heavy atom. The summed E-state index contributed by atoms with van der Waals surface area (Å²) in [6, 6.07) is 0. The van der Waals surface area contributed by atoms with Crippen LogP contribution in [0.15, 0.2) is 0 Å². The Morgan fingerprint density at radius 3 is 2.81 bits per heavy atom. The first-order valence-corrected chi connectivity index (χ1v) is 8.59. The maximum atomic E-state index is 12.3. The normalized spacial score (nSPS) is 34.3. The number of likely N-dealkylation sites (tertiary alicyclic amines) is 1. The molecular formula is C17H32N2O2. The lowest BCUT2D eigenvalue weighted by Gasteiger charge is -2.38. The van der Waals surface area contributed by atoms with E-state index in [1.54, 1.807) is 0 Å². The summed E-state index contributed by atoms with van der Waals surface area (Å²) in [4.78, 5) is 14.7. The van der Waals surface area contributed by atoms with Gasteiger partial charge in [-0.25, -0.2) is 0 Å². The van der Waals surface area contributed by atoms with Crippen LogP contribution in [0.4, 0.5) is 0 Å². The standard InChI is InChI=1S/C17H32N2O2/c1-13(2)10-19-9-7-14(11-19)16(21)18-12-17(3)8-5-4-6-15(17)20/h13-15,20H,4-12H2,1-3H3,(H,18,21). The molecule has 1 aliphatic carbocycles. The quantitative estimate of drug-likeness (QED) is 0.816. The predicted molar refractivity (Wildman–Crippen MR) is 85.0 cm³/mol. The van der Waals surface area contributed by atoms with Gasteiger partial charge in [-0.05, 0) is 31.7 Å². The minimum atomic E-state index is -0.271. The zero-order chi connectivity index (χ0) is 15.5. The highest BCUT2D eigenvalue weighted by Gasteiger charge is 2.36. The van der Waals surface area contributed by atoms with Crippen LogP contribution in [0.1, 0.15) is 52.9 Å². The first-order chi connectivity index (χ1) is 9.90. The molecule has 0 aromatic heterocycles. The van der Waals surface area contributed by atoms with E-state index in [1.807, 2.05) is 0 Å². The highest BCUT2D eigenvalue weighted by molar-refractivity contribution is 5.79. The number of nitrogens with one attached hydrogen (secondary N) is 1. The molecule has 0 aromatic rings. The fraction of sp³-hybridized carbons (Fsp3) is 0.941. The van der Waals surface area contributed by atoms with Crippen LogP contribution in [0, 0.1) is 17.3 Å². The fourth-order valence-corrected chi connectivity index (χ4v) is 3.75. The van der Waals surface area contributed by atoms with Crippen molar-refractivity contribution < 1.29 is 9.90 Å². The van der Waals surface area contributed by atoms with E-state index in [-0.39, 0.29) is 23.3 Å². The molecule has 0 radical (unpaired) electrons. The van der Waals surface area contributed by atoms with Gasteiger partial charge >= 0.3 is 0 Å². The molecule has 1 saturated heterocycles. The summed E-state index contributed by atoms with van der Waals surface area (Å²) in [5.41, 5.74) is -0.135. The van der Waals surface area contributed by atoms with E-state index in [0.29, 0.717) is 12.5 Å². The number of aliphatic hydroxyl groups excluding tert-OH is 1. The monoisotopic (exact) mass is 296 g/mol. The molecule has 0 bridgehead atoms. The second-order valence-corrected chi connectivity index (χ2v) is 7.77. The first kappa shape index (κ1) is 16.8. The van der Waals surface area contributed by atoms with Gasteiger partial charge < -0.3 is 15.3 Å². The molecule has 122 valence electrons. The summed E-state index contributed by atoms with van der Waals surface area (Å²) in [5.74, 6) is 0.969. The van der Waals surface area contributed by atoms with Gasteiger partial charge in [0.05, 0.1) is 12.0 Å². The van der Waals surface area contributed by atoms with Crippen molar-refractivity contribution in [2.24, 2.45) is 17.3 Å². The third kappa shape index (κ3) is 4.43. The van der Waals surface area contributed by atoms with Crippen LogP contribution >= 0.6 is 0 Å². The lowest BCUT2D eigenvalue weighted by molar-refractivity contribution is -0.125. The Morgan fingerprint density at radius 2 is 2.14 bits per heavy atom. The molecule has 2 N–H and O–H groups in total. The molecule has 2 fully saturated rings. The van der Waals surface area contributed by atoms with Crippen LogP contribution < -0.4 is 5.32 Å². The lowest BCUT2D eigenvalue weighted by Crippen LogP contribution is -2.46. The Kier molecular flexibility index (Phi) is 5.67. The summed E-state index contributed by atoms with van der Waals surface area (Å²) in [5, 5.41) is 13.3. The molecule has 1 heterocycles. The Balaban J connectivity index is 1.77. The van der Waals surface area contributed by atoms with Crippen molar-refractivity contribution >= 4 is 5.91 Å². The average molecular weight is 296 g/mol. The third-order valence-corrected chi connectivity index (χ3v) is 5.21. The highest BCUT2D eigenvalue weighted by Crippen LogP contribution is 2.35. The van der Waals surface area contributed by atoms with E-state index in [0.717, 1.165) is 51.7 Å². The molecule has 2 aliphatic rings. The molecule has 2 rings (SSSR count). The molecule has 3 atom stereocenters. The van der Waals surface area contributed by atoms with E-state index in [1.165, 1.54) is 0 Å². The molecule has 0 aromatic carbocycles. The largest absolute Gasteiger partial charge is 0.392 e. The smallest absolute Gasteiger partial charge is 0.224 e. The van der Waals surface area contributed by atoms with Crippen LogP contribution in [0.3, 0.4) is 0 Å². The fourth-order valence-electron chi connectivity index (χ4n) is 3.75. The molecule has 3 unspecified atom stereocenters. The van der Waals surface area contributed by atoms with Crippen molar-refractivity contribution in [2.75, 3.05) is 26.2 Å². The average Bonchev–Trinajstić information content (AvgIpc) is 2.87. The van der Waals surface area contributed by atoms with Gasteiger partial charge in [0.2, 0.25) is 5.91 Å². The summed E-state index contributed by atoms with van der Waals surface area (Å²) in [6.45, 7) is 10.2. The number of amides is 1. The van der Waals surface area contributed by atoms with Gasteiger partial charge in [0, 0.05) is 25.0 Å². The summed E-state index contributed by atoms with van der Waals surface area (Å²) >= 11 is 0. The zero-order valence-electron chi connectivity index (χ0n) is 13.9. The summed E-state index contributed by atoms with van der Waals surface area (Å²) < 4.78 is 0. The highest BCUT2D eigenvalue weighted by atomic mass is 16.3.